The van der Waals surface area contributed by atoms with Crippen molar-refractivity contribution < 1.29 is 9.53 Å². The lowest BCUT2D eigenvalue weighted by Gasteiger charge is -2.27. The van der Waals surface area contributed by atoms with Crippen molar-refractivity contribution in [1.82, 2.24) is 4.90 Å². The maximum absolute atomic E-state index is 12.4. The van der Waals surface area contributed by atoms with Crippen LogP contribution in [0.3, 0.4) is 0 Å². The van der Waals surface area contributed by atoms with Gasteiger partial charge in [0.25, 0.3) is 5.91 Å². The summed E-state index contributed by atoms with van der Waals surface area (Å²) in [6, 6.07) is 7.70. The number of hydrogen-bond acceptors (Lipinski definition) is 3. The zero-order valence-corrected chi connectivity index (χ0v) is 12.6. The van der Waals surface area contributed by atoms with E-state index in [0.717, 1.165) is 23.9 Å². The molecule has 1 heterocycles. The van der Waals surface area contributed by atoms with Crippen molar-refractivity contribution >= 4 is 21.8 Å². The largest absolute Gasteiger partial charge is 0.480 e. The highest BCUT2D eigenvalue weighted by Crippen LogP contribution is 2.26. The molecule has 1 aromatic rings. The van der Waals surface area contributed by atoms with E-state index in [9.17, 15) is 4.79 Å². The molecule has 2 N–H and O–H groups in total. The molecule has 1 aliphatic rings. The molecule has 2 rings (SSSR count). The van der Waals surface area contributed by atoms with Crippen LogP contribution in [0.2, 0.25) is 0 Å². The van der Waals surface area contributed by atoms with Crippen molar-refractivity contribution in [2.24, 2.45) is 5.73 Å². The zero-order chi connectivity index (χ0) is 13.8. The van der Waals surface area contributed by atoms with E-state index in [1.807, 2.05) is 29.2 Å². The Balaban J connectivity index is 2.02. The lowest BCUT2D eigenvalue weighted by Crippen LogP contribution is -2.45. The molecule has 104 valence electrons. The summed E-state index contributed by atoms with van der Waals surface area (Å²) in [5.41, 5.74) is 5.70. The van der Waals surface area contributed by atoms with Crippen molar-refractivity contribution in [1.29, 1.82) is 0 Å². The van der Waals surface area contributed by atoms with E-state index in [1.165, 1.54) is 0 Å². The molecule has 1 saturated heterocycles. The fraction of sp³-hybridized carbons (Fsp3) is 0.500. The Morgan fingerprint density at radius 2 is 2.32 bits per heavy atom. The Kier molecular flexibility index (Phi) is 4.82. The Bertz CT molecular complexity index is 453. The molecule has 1 fully saturated rings. The van der Waals surface area contributed by atoms with Crippen LogP contribution in [0, 0.1) is 0 Å². The Morgan fingerprint density at radius 3 is 3.00 bits per heavy atom. The quantitative estimate of drug-likeness (QED) is 0.922. The summed E-state index contributed by atoms with van der Waals surface area (Å²) in [5.74, 6) is 0.704. The summed E-state index contributed by atoms with van der Waals surface area (Å²) in [6.45, 7) is 3.09. The van der Waals surface area contributed by atoms with E-state index in [1.54, 1.807) is 6.92 Å². The molecular formula is C14H19BrN2O2. The SMILES string of the molecule is CC(Oc1ccccc1Br)C(=O)N1CCCC1CN. The van der Waals surface area contributed by atoms with Gasteiger partial charge in [-0.15, -0.1) is 0 Å². The predicted octanol–water partition coefficient (Wildman–Crippen LogP) is 2.17. The molecule has 5 heteroatoms. The van der Waals surface area contributed by atoms with Gasteiger partial charge in [-0.3, -0.25) is 4.79 Å². The monoisotopic (exact) mass is 326 g/mol. The van der Waals surface area contributed by atoms with Crippen LogP contribution < -0.4 is 10.5 Å². The van der Waals surface area contributed by atoms with Gasteiger partial charge in [0.15, 0.2) is 6.10 Å². The third-order valence-corrected chi connectivity index (χ3v) is 4.08. The van der Waals surface area contributed by atoms with Gasteiger partial charge in [0.05, 0.1) is 4.47 Å². The minimum Gasteiger partial charge on any atom is -0.480 e. The fourth-order valence-corrected chi connectivity index (χ4v) is 2.76. The number of carbonyl (C=O) groups excluding carboxylic acids is 1. The van der Waals surface area contributed by atoms with Gasteiger partial charge in [0, 0.05) is 19.1 Å². The van der Waals surface area contributed by atoms with E-state index >= 15 is 0 Å². The molecule has 4 nitrogen and oxygen atoms in total. The first-order valence-corrected chi connectivity index (χ1v) is 7.34. The number of rotatable bonds is 4. The van der Waals surface area contributed by atoms with Crippen LogP contribution >= 0.6 is 15.9 Å². The maximum atomic E-state index is 12.4. The number of para-hydroxylation sites is 1. The number of amides is 1. The first kappa shape index (κ1) is 14.3. The number of nitrogens with two attached hydrogens (primary N) is 1. The van der Waals surface area contributed by atoms with Crippen LogP contribution in [0.5, 0.6) is 5.75 Å². The molecule has 0 saturated carbocycles. The molecule has 1 aromatic carbocycles. The smallest absolute Gasteiger partial charge is 0.263 e. The third kappa shape index (κ3) is 3.28. The van der Waals surface area contributed by atoms with Gasteiger partial charge in [0.2, 0.25) is 0 Å². The van der Waals surface area contributed by atoms with Crippen LogP contribution in [0.25, 0.3) is 0 Å². The molecule has 0 spiro atoms. The molecule has 19 heavy (non-hydrogen) atoms. The van der Waals surface area contributed by atoms with Crippen molar-refractivity contribution in [2.75, 3.05) is 13.1 Å². The van der Waals surface area contributed by atoms with E-state index in [-0.39, 0.29) is 11.9 Å². The molecule has 2 unspecified atom stereocenters. The van der Waals surface area contributed by atoms with E-state index in [4.69, 9.17) is 10.5 Å². The van der Waals surface area contributed by atoms with Gasteiger partial charge < -0.3 is 15.4 Å². The summed E-state index contributed by atoms with van der Waals surface area (Å²) < 4.78 is 6.59. The third-order valence-electron chi connectivity index (χ3n) is 3.42. The van der Waals surface area contributed by atoms with E-state index < -0.39 is 6.10 Å². The number of benzene rings is 1. The van der Waals surface area contributed by atoms with Crippen LogP contribution in [0.4, 0.5) is 0 Å². The summed E-state index contributed by atoms with van der Waals surface area (Å²) in [4.78, 5) is 14.2. The highest BCUT2D eigenvalue weighted by Gasteiger charge is 2.31. The summed E-state index contributed by atoms with van der Waals surface area (Å²) in [7, 11) is 0. The predicted molar refractivity (Wildman–Crippen MR) is 78.0 cm³/mol. The molecule has 2 atom stereocenters. The Labute approximate surface area is 122 Å². The number of likely N-dealkylation sites (tertiary alicyclic amines) is 1. The average molecular weight is 327 g/mol. The topological polar surface area (TPSA) is 55.6 Å². The normalized spacial score (nSPS) is 20.4. The number of hydrogen-bond donors (Lipinski definition) is 1. The van der Waals surface area contributed by atoms with Gasteiger partial charge >= 0.3 is 0 Å². The molecule has 0 bridgehead atoms. The number of halogens is 1. The number of carbonyl (C=O) groups is 1. The minimum atomic E-state index is -0.495. The lowest BCUT2D eigenvalue weighted by molar-refractivity contribution is -0.138. The minimum absolute atomic E-state index is 0.0173. The van der Waals surface area contributed by atoms with Crippen LogP contribution in [-0.4, -0.2) is 36.0 Å². The second-order valence-electron chi connectivity index (χ2n) is 4.75. The Hall–Kier alpha value is -1.07. The molecule has 0 aliphatic carbocycles. The van der Waals surface area contributed by atoms with Crippen molar-refractivity contribution in [2.45, 2.75) is 31.9 Å². The van der Waals surface area contributed by atoms with Gasteiger partial charge in [0.1, 0.15) is 5.75 Å². The summed E-state index contributed by atoms with van der Waals surface area (Å²) in [5, 5.41) is 0. The molecule has 1 amide bonds. The fourth-order valence-electron chi connectivity index (χ4n) is 2.39. The standard InChI is InChI=1S/C14H19BrN2O2/c1-10(19-13-7-3-2-6-12(13)15)14(18)17-8-4-5-11(17)9-16/h2-3,6-7,10-11H,4-5,8-9,16H2,1H3. The highest BCUT2D eigenvalue weighted by molar-refractivity contribution is 9.10. The lowest BCUT2D eigenvalue weighted by atomic mass is 10.2. The zero-order valence-electron chi connectivity index (χ0n) is 11.0. The molecule has 0 radical (unpaired) electrons. The number of ether oxygens (including phenoxy) is 1. The van der Waals surface area contributed by atoms with Crippen LogP contribution in [0.15, 0.2) is 28.7 Å². The van der Waals surface area contributed by atoms with Crippen molar-refractivity contribution in [3.05, 3.63) is 28.7 Å². The van der Waals surface area contributed by atoms with E-state index in [2.05, 4.69) is 15.9 Å². The molecular weight excluding hydrogens is 308 g/mol. The van der Waals surface area contributed by atoms with Gasteiger partial charge in [-0.2, -0.15) is 0 Å². The average Bonchev–Trinajstić information content (AvgIpc) is 2.88. The van der Waals surface area contributed by atoms with Crippen molar-refractivity contribution in [3.8, 4) is 5.75 Å². The second-order valence-corrected chi connectivity index (χ2v) is 5.61. The molecule has 1 aliphatic heterocycles. The van der Waals surface area contributed by atoms with E-state index in [0.29, 0.717) is 12.3 Å². The van der Waals surface area contributed by atoms with Crippen LogP contribution in [-0.2, 0) is 4.79 Å². The Morgan fingerprint density at radius 1 is 1.58 bits per heavy atom. The van der Waals surface area contributed by atoms with Gasteiger partial charge in [-0.05, 0) is 47.8 Å². The summed E-state index contributed by atoms with van der Waals surface area (Å²) >= 11 is 3.41. The first-order valence-electron chi connectivity index (χ1n) is 6.55. The first-order chi connectivity index (χ1) is 9.13. The van der Waals surface area contributed by atoms with Gasteiger partial charge in [-0.25, -0.2) is 0 Å². The highest BCUT2D eigenvalue weighted by atomic mass is 79.9. The molecule has 0 aromatic heterocycles. The van der Waals surface area contributed by atoms with Crippen LogP contribution in [0.1, 0.15) is 19.8 Å². The van der Waals surface area contributed by atoms with Crippen molar-refractivity contribution in [3.63, 3.8) is 0 Å². The summed E-state index contributed by atoms with van der Waals surface area (Å²) in [6.07, 6.45) is 1.52. The second kappa shape index (κ2) is 6.39. The number of nitrogens with zero attached hydrogens (tertiary/aromatic N) is 1. The maximum Gasteiger partial charge on any atom is 0.263 e. The van der Waals surface area contributed by atoms with Gasteiger partial charge in [-0.1, -0.05) is 12.1 Å².